The number of carbonyl (C=O) groups excluding carboxylic acids is 2. The molecule has 0 spiro atoms. The maximum Gasteiger partial charge on any atom is 0.291 e. The molecule has 0 unspecified atom stereocenters. The van der Waals surface area contributed by atoms with Gasteiger partial charge in [0.15, 0.2) is 23.9 Å². The monoisotopic (exact) mass is 417 g/mol. The lowest BCUT2D eigenvalue weighted by atomic mass is 10.2. The number of hydrogen-bond donors (Lipinski definition) is 2. The molecule has 156 valence electrons. The first kappa shape index (κ1) is 21.2. The second-order valence-corrected chi connectivity index (χ2v) is 6.19. The van der Waals surface area contributed by atoms with Crippen molar-refractivity contribution < 1.29 is 23.5 Å². The van der Waals surface area contributed by atoms with E-state index in [4.69, 9.17) is 19.2 Å². The summed E-state index contributed by atoms with van der Waals surface area (Å²) in [5.74, 6) is 0.444. The molecule has 0 radical (unpaired) electrons. The van der Waals surface area contributed by atoms with Crippen LogP contribution in [-0.4, -0.2) is 25.5 Å². The van der Waals surface area contributed by atoms with E-state index >= 15 is 0 Å². The summed E-state index contributed by atoms with van der Waals surface area (Å²) in [7, 11) is 1.50. The molecule has 0 atom stereocenters. The Hall–Kier alpha value is -4.51. The molecular weight excluding hydrogens is 398 g/mol. The lowest BCUT2D eigenvalue weighted by Crippen LogP contribution is -2.11. The lowest BCUT2D eigenvalue weighted by Gasteiger charge is -2.09. The van der Waals surface area contributed by atoms with Crippen molar-refractivity contribution in [3.05, 3.63) is 78.3 Å². The highest BCUT2D eigenvalue weighted by Gasteiger charge is 2.09. The molecule has 3 rings (SSSR count). The number of nitrogens with zero attached hydrogens (tertiary/aromatic N) is 1. The summed E-state index contributed by atoms with van der Waals surface area (Å²) in [5, 5.41) is 14.1. The molecule has 31 heavy (non-hydrogen) atoms. The number of anilines is 2. The van der Waals surface area contributed by atoms with E-state index in [9.17, 15) is 9.59 Å². The van der Waals surface area contributed by atoms with E-state index < -0.39 is 0 Å². The Balaban J connectivity index is 1.57. The minimum Gasteiger partial charge on any atom is -0.493 e. The third kappa shape index (κ3) is 5.98. The lowest BCUT2D eigenvalue weighted by molar-refractivity contribution is -0.111. The molecule has 3 aromatic rings. The van der Waals surface area contributed by atoms with E-state index in [1.807, 2.05) is 6.07 Å². The summed E-state index contributed by atoms with van der Waals surface area (Å²) in [6, 6.07) is 16.9. The fourth-order valence-corrected chi connectivity index (χ4v) is 2.61. The zero-order valence-electron chi connectivity index (χ0n) is 16.6. The number of ether oxygens (including phenoxy) is 2. The molecule has 0 saturated carbocycles. The summed E-state index contributed by atoms with van der Waals surface area (Å²) < 4.78 is 15.6. The van der Waals surface area contributed by atoms with Crippen LogP contribution in [0, 0.1) is 11.3 Å². The number of nitrogens with one attached hydrogen (secondary N) is 2. The topological polar surface area (TPSA) is 114 Å². The Labute approximate surface area is 178 Å². The first-order chi connectivity index (χ1) is 15.1. The molecule has 1 heterocycles. The molecule has 0 fully saturated rings. The highest BCUT2D eigenvalue weighted by Crippen LogP contribution is 2.28. The highest BCUT2D eigenvalue weighted by atomic mass is 16.5. The Morgan fingerprint density at radius 2 is 1.81 bits per heavy atom. The summed E-state index contributed by atoms with van der Waals surface area (Å²) in [4.78, 5) is 24.2. The highest BCUT2D eigenvalue weighted by molar-refractivity contribution is 6.03. The average Bonchev–Trinajstić information content (AvgIpc) is 3.33. The van der Waals surface area contributed by atoms with Gasteiger partial charge in [-0.25, -0.2) is 0 Å². The minimum atomic E-state index is -0.357. The summed E-state index contributed by atoms with van der Waals surface area (Å²) in [5.41, 5.74) is 1.87. The van der Waals surface area contributed by atoms with Gasteiger partial charge in [-0.15, -0.1) is 0 Å². The molecule has 8 nitrogen and oxygen atoms in total. The van der Waals surface area contributed by atoms with Gasteiger partial charge in [-0.1, -0.05) is 6.07 Å². The minimum absolute atomic E-state index is 0.0841. The van der Waals surface area contributed by atoms with Crippen LogP contribution in [0.25, 0.3) is 6.08 Å². The van der Waals surface area contributed by atoms with Crippen LogP contribution in [0.5, 0.6) is 11.5 Å². The quantitative estimate of drug-likeness (QED) is 0.534. The van der Waals surface area contributed by atoms with Gasteiger partial charge in [-0.05, 0) is 60.2 Å². The smallest absolute Gasteiger partial charge is 0.291 e. The Morgan fingerprint density at radius 1 is 1.06 bits per heavy atom. The second-order valence-electron chi connectivity index (χ2n) is 6.19. The number of hydrogen-bond acceptors (Lipinski definition) is 6. The van der Waals surface area contributed by atoms with Crippen molar-refractivity contribution in [1.82, 2.24) is 0 Å². The van der Waals surface area contributed by atoms with Crippen molar-refractivity contribution in [2.45, 2.75) is 0 Å². The van der Waals surface area contributed by atoms with Crippen LogP contribution >= 0.6 is 0 Å². The van der Waals surface area contributed by atoms with E-state index in [1.54, 1.807) is 60.7 Å². The maximum atomic E-state index is 12.2. The van der Waals surface area contributed by atoms with Crippen molar-refractivity contribution in [3.63, 3.8) is 0 Å². The molecule has 0 bridgehead atoms. The van der Waals surface area contributed by atoms with Crippen molar-refractivity contribution in [2.75, 3.05) is 24.4 Å². The van der Waals surface area contributed by atoms with Gasteiger partial charge in [-0.3, -0.25) is 9.59 Å². The van der Waals surface area contributed by atoms with Gasteiger partial charge >= 0.3 is 0 Å². The fraction of sp³-hybridized carbons (Fsp3) is 0.0870. The van der Waals surface area contributed by atoms with Crippen LogP contribution in [0.2, 0.25) is 0 Å². The second kappa shape index (κ2) is 10.3. The Bertz CT molecular complexity index is 1110. The number of nitriles is 1. The van der Waals surface area contributed by atoms with Crippen molar-refractivity contribution >= 4 is 29.3 Å². The largest absolute Gasteiger partial charge is 0.493 e. The zero-order chi connectivity index (χ0) is 22.1. The Morgan fingerprint density at radius 3 is 2.45 bits per heavy atom. The molecule has 0 aliphatic rings. The Kier molecular flexibility index (Phi) is 7.06. The van der Waals surface area contributed by atoms with Crippen LogP contribution in [0.1, 0.15) is 16.1 Å². The van der Waals surface area contributed by atoms with Crippen molar-refractivity contribution in [3.8, 4) is 17.6 Å². The molecule has 8 heteroatoms. The summed E-state index contributed by atoms with van der Waals surface area (Å²) >= 11 is 0. The van der Waals surface area contributed by atoms with Gasteiger partial charge in [0.1, 0.15) is 6.07 Å². The standard InChI is InChI=1S/C23H19N3O5/c1-29-21-15-16(4-10-19(21)31-14-12-24)5-11-22(27)25-17-6-8-18(9-7-17)26-23(28)20-3-2-13-30-20/h2-11,13,15H,14H2,1H3,(H,25,27)(H,26,28)/b11-5+. The van der Waals surface area contributed by atoms with Gasteiger partial charge in [0.25, 0.3) is 5.91 Å². The van der Waals surface area contributed by atoms with Gasteiger partial charge < -0.3 is 24.5 Å². The zero-order valence-corrected chi connectivity index (χ0v) is 16.6. The average molecular weight is 417 g/mol. The van der Waals surface area contributed by atoms with Crippen LogP contribution < -0.4 is 20.1 Å². The van der Waals surface area contributed by atoms with E-state index in [1.165, 1.54) is 19.4 Å². The van der Waals surface area contributed by atoms with Crippen LogP contribution in [0.3, 0.4) is 0 Å². The van der Waals surface area contributed by atoms with Gasteiger partial charge in [0, 0.05) is 17.5 Å². The number of rotatable bonds is 8. The molecule has 0 saturated heterocycles. The SMILES string of the molecule is COc1cc(/C=C/C(=O)Nc2ccc(NC(=O)c3ccco3)cc2)ccc1OCC#N. The normalized spacial score (nSPS) is 10.3. The van der Waals surface area contributed by atoms with E-state index in [-0.39, 0.29) is 24.2 Å². The van der Waals surface area contributed by atoms with Crippen LogP contribution in [0.15, 0.2) is 71.4 Å². The van der Waals surface area contributed by atoms with Crippen LogP contribution in [-0.2, 0) is 4.79 Å². The number of methoxy groups -OCH3 is 1. The first-order valence-corrected chi connectivity index (χ1v) is 9.21. The summed E-state index contributed by atoms with van der Waals surface area (Å²) in [6.07, 6.45) is 4.44. The predicted molar refractivity (Wildman–Crippen MR) is 115 cm³/mol. The van der Waals surface area contributed by atoms with E-state index in [0.717, 1.165) is 5.56 Å². The molecule has 2 aromatic carbocycles. The van der Waals surface area contributed by atoms with Crippen molar-refractivity contribution in [2.24, 2.45) is 0 Å². The molecule has 0 aliphatic heterocycles. The van der Waals surface area contributed by atoms with Crippen molar-refractivity contribution in [1.29, 1.82) is 5.26 Å². The molecule has 1 aromatic heterocycles. The number of furan rings is 1. The summed E-state index contributed by atoms with van der Waals surface area (Å²) in [6.45, 7) is -0.0841. The van der Waals surface area contributed by atoms with Gasteiger partial charge in [-0.2, -0.15) is 5.26 Å². The predicted octanol–water partition coefficient (Wildman–Crippen LogP) is 4.09. The number of carbonyl (C=O) groups is 2. The third-order valence-corrected chi connectivity index (χ3v) is 4.06. The molecule has 0 aliphatic carbocycles. The fourth-order valence-electron chi connectivity index (χ4n) is 2.61. The molecule has 2 N–H and O–H groups in total. The number of amides is 2. The van der Waals surface area contributed by atoms with E-state index in [0.29, 0.717) is 22.9 Å². The first-order valence-electron chi connectivity index (χ1n) is 9.21. The number of benzene rings is 2. The maximum absolute atomic E-state index is 12.2. The van der Waals surface area contributed by atoms with Crippen LogP contribution in [0.4, 0.5) is 11.4 Å². The van der Waals surface area contributed by atoms with E-state index in [2.05, 4.69) is 10.6 Å². The van der Waals surface area contributed by atoms with Gasteiger partial charge in [0.05, 0.1) is 13.4 Å². The third-order valence-electron chi connectivity index (χ3n) is 4.06. The van der Waals surface area contributed by atoms with Gasteiger partial charge in [0.2, 0.25) is 5.91 Å². The molecule has 2 amide bonds. The molecular formula is C23H19N3O5.